The Balaban J connectivity index is 2.30. The number of hydrogen-bond acceptors (Lipinski definition) is 5. The zero-order valence-electron chi connectivity index (χ0n) is 10.3. The topological polar surface area (TPSA) is 73.9 Å². The van der Waals surface area contributed by atoms with Crippen LogP contribution in [0.3, 0.4) is 0 Å². The monoisotopic (exact) mass is 273 g/mol. The van der Waals surface area contributed by atoms with Crippen LogP contribution < -0.4 is 5.73 Å². The summed E-state index contributed by atoms with van der Waals surface area (Å²) in [7, 11) is -1.42. The van der Waals surface area contributed by atoms with E-state index in [0.717, 1.165) is 12.0 Å². The van der Waals surface area contributed by atoms with E-state index >= 15 is 0 Å². The van der Waals surface area contributed by atoms with Crippen molar-refractivity contribution in [1.29, 1.82) is 0 Å². The van der Waals surface area contributed by atoms with Crippen LogP contribution in [0.4, 0.5) is 0 Å². The van der Waals surface area contributed by atoms with Crippen LogP contribution in [0.1, 0.15) is 12.0 Å². The molecule has 0 heterocycles. The number of nitrogens with two attached hydrogens (primary N) is 1. The molecule has 0 aliphatic heterocycles. The van der Waals surface area contributed by atoms with Gasteiger partial charge in [0.2, 0.25) is 0 Å². The molecule has 3 N–H and O–H groups in total. The summed E-state index contributed by atoms with van der Waals surface area (Å²) in [4.78, 5) is 0. The summed E-state index contributed by atoms with van der Waals surface area (Å²) in [6.07, 6.45) is 0.760. The van der Waals surface area contributed by atoms with Gasteiger partial charge in [-0.3, -0.25) is 0 Å². The fraction of sp³-hybridized carbons (Fsp3) is 0.500. The van der Waals surface area contributed by atoms with Gasteiger partial charge in [0.25, 0.3) is 0 Å². The van der Waals surface area contributed by atoms with Crippen molar-refractivity contribution in [2.45, 2.75) is 13.0 Å². The number of hydrogen-bond donors (Lipinski definition) is 2. The predicted octanol–water partition coefficient (Wildman–Crippen LogP) is 1.80. The van der Waals surface area contributed by atoms with Crippen molar-refractivity contribution >= 4 is 8.60 Å². The molecule has 0 saturated heterocycles. The normalized spacial score (nSPS) is 12.6. The SMILES string of the molecule is NCCCOP(OCCO)OCc1ccccc1. The fourth-order valence-electron chi connectivity index (χ4n) is 1.15. The van der Waals surface area contributed by atoms with Crippen LogP contribution in [0.15, 0.2) is 30.3 Å². The Labute approximate surface area is 109 Å². The molecule has 1 aromatic rings. The van der Waals surface area contributed by atoms with Crippen molar-refractivity contribution in [1.82, 2.24) is 0 Å². The second-order valence-electron chi connectivity index (χ2n) is 3.51. The largest absolute Gasteiger partial charge is 0.394 e. The molecule has 6 heteroatoms. The second-order valence-corrected chi connectivity index (χ2v) is 4.74. The van der Waals surface area contributed by atoms with Crippen molar-refractivity contribution in [2.24, 2.45) is 5.73 Å². The van der Waals surface area contributed by atoms with Crippen LogP contribution in [0.2, 0.25) is 0 Å². The van der Waals surface area contributed by atoms with Gasteiger partial charge in [-0.05, 0) is 18.5 Å². The molecule has 1 atom stereocenters. The molecule has 0 saturated carbocycles. The van der Waals surface area contributed by atoms with Gasteiger partial charge in [0.1, 0.15) is 0 Å². The number of aliphatic hydroxyl groups is 1. The highest BCUT2D eigenvalue weighted by molar-refractivity contribution is 7.41. The van der Waals surface area contributed by atoms with Gasteiger partial charge < -0.3 is 24.4 Å². The van der Waals surface area contributed by atoms with Crippen molar-refractivity contribution in [2.75, 3.05) is 26.4 Å². The van der Waals surface area contributed by atoms with E-state index in [1.165, 1.54) is 0 Å². The Morgan fingerprint density at radius 1 is 1.06 bits per heavy atom. The Morgan fingerprint density at radius 2 is 1.78 bits per heavy atom. The van der Waals surface area contributed by atoms with E-state index in [9.17, 15) is 0 Å². The van der Waals surface area contributed by atoms with Crippen LogP contribution in [-0.4, -0.2) is 31.5 Å². The highest BCUT2D eigenvalue weighted by atomic mass is 31.2. The minimum Gasteiger partial charge on any atom is -0.394 e. The summed E-state index contributed by atoms with van der Waals surface area (Å²) in [5.74, 6) is 0. The zero-order valence-corrected chi connectivity index (χ0v) is 11.2. The highest BCUT2D eigenvalue weighted by Crippen LogP contribution is 2.40. The van der Waals surface area contributed by atoms with Crippen LogP contribution >= 0.6 is 8.60 Å². The molecule has 0 bridgehead atoms. The van der Waals surface area contributed by atoms with Gasteiger partial charge in [0.15, 0.2) is 0 Å². The first-order valence-electron chi connectivity index (χ1n) is 5.90. The maximum absolute atomic E-state index is 8.73. The van der Waals surface area contributed by atoms with E-state index in [2.05, 4.69) is 0 Å². The number of rotatable bonds is 10. The van der Waals surface area contributed by atoms with Gasteiger partial charge in [-0.1, -0.05) is 30.3 Å². The van der Waals surface area contributed by atoms with E-state index in [1.807, 2.05) is 30.3 Å². The molecule has 0 radical (unpaired) electrons. The van der Waals surface area contributed by atoms with Crippen LogP contribution in [0, 0.1) is 0 Å². The van der Waals surface area contributed by atoms with Gasteiger partial charge in [-0.15, -0.1) is 0 Å². The molecule has 0 spiro atoms. The standard InChI is InChI=1S/C12H20NO4P/c13-7-4-9-15-18(16-10-8-14)17-11-12-5-2-1-3-6-12/h1-3,5-6,14H,4,7-11,13H2. The Kier molecular flexibility index (Phi) is 8.94. The van der Waals surface area contributed by atoms with Gasteiger partial charge in [-0.25, -0.2) is 0 Å². The Morgan fingerprint density at radius 3 is 2.44 bits per heavy atom. The third-order valence-corrected chi connectivity index (χ3v) is 3.14. The average Bonchev–Trinajstić information content (AvgIpc) is 2.42. The first kappa shape index (κ1) is 15.5. The fourth-order valence-corrected chi connectivity index (χ4v) is 2.14. The van der Waals surface area contributed by atoms with Gasteiger partial charge in [0.05, 0.1) is 26.4 Å². The van der Waals surface area contributed by atoms with E-state index in [-0.39, 0.29) is 13.2 Å². The smallest absolute Gasteiger partial charge is 0.333 e. The summed E-state index contributed by atoms with van der Waals surface area (Å²) < 4.78 is 16.3. The zero-order chi connectivity index (χ0) is 13.1. The molecule has 5 nitrogen and oxygen atoms in total. The molecule has 0 aromatic heterocycles. The van der Waals surface area contributed by atoms with Crippen molar-refractivity contribution in [3.63, 3.8) is 0 Å². The van der Waals surface area contributed by atoms with Crippen molar-refractivity contribution in [3.05, 3.63) is 35.9 Å². The Hall–Kier alpha value is -0.550. The van der Waals surface area contributed by atoms with Gasteiger partial charge in [0, 0.05) is 0 Å². The summed E-state index contributed by atoms with van der Waals surface area (Å²) >= 11 is 0. The molecule has 0 amide bonds. The molecule has 1 unspecified atom stereocenters. The van der Waals surface area contributed by atoms with Gasteiger partial charge >= 0.3 is 8.60 Å². The molecular weight excluding hydrogens is 253 g/mol. The lowest BCUT2D eigenvalue weighted by Crippen LogP contribution is -2.05. The first-order valence-corrected chi connectivity index (χ1v) is 7.00. The first-order chi connectivity index (χ1) is 8.86. The Bertz CT molecular complexity index is 299. The summed E-state index contributed by atoms with van der Waals surface area (Å²) in [6, 6.07) is 9.79. The molecule has 1 aromatic carbocycles. The second kappa shape index (κ2) is 10.4. The molecule has 102 valence electrons. The van der Waals surface area contributed by atoms with E-state index in [1.54, 1.807) is 0 Å². The lowest BCUT2D eigenvalue weighted by Gasteiger charge is -2.16. The number of aliphatic hydroxyl groups excluding tert-OH is 1. The summed E-state index contributed by atoms with van der Waals surface area (Å²) in [6.45, 7) is 1.67. The molecule has 0 fully saturated rings. The highest BCUT2D eigenvalue weighted by Gasteiger charge is 2.12. The quantitative estimate of drug-likeness (QED) is 0.502. The van der Waals surface area contributed by atoms with Crippen LogP contribution in [-0.2, 0) is 20.2 Å². The van der Waals surface area contributed by atoms with Crippen LogP contribution in [0.25, 0.3) is 0 Å². The predicted molar refractivity (Wildman–Crippen MR) is 70.8 cm³/mol. The maximum Gasteiger partial charge on any atom is 0.333 e. The molecule has 1 rings (SSSR count). The average molecular weight is 273 g/mol. The van der Waals surface area contributed by atoms with E-state index in [0.29, 0.717) is 19.8 Å². The minimum absolute atomic E-state index is 0.0478. The molecular formula is C12H20NO4P. The van der Waals surface area contributed by atoms with Gasteiger partial charge in [-0.2, -0.15) is 0 Å². The van der Waals surface area contributed by atoms with Crippen LogP contribution in [0.5, 0.6) is 0 Å². The van der Waals surface area contributed by atoms with E-state index < -0.39 is 8.60 Å². The minimum atomic E-state index is -1.42. The molecule has 18 heavy (non-hydrogen) atoms. The van der Waals surface area contributed by atoms with Crippen molar-refractivity contribution < 1.29 is 18.7 Å². The van der Waals surface area contributed by atoms with E-state index in [4.69, 9.17) is 24.4 Å². The molecule has 0 aliphatic carbocycles. The van der Waals surface area contributed by atoms with Crippen molar-refractivity contribution in [3.8, 4) is 0 Å². The maximum atomic E-state index is 8.73. The third-order valence-electron chi connectivity index (χ3n) is 2.01. The summed E-state index contributed by atoms with van der Waals surface area (Å²) in [5, 5.41) is 8.73. The number of benzene rings is 1. The summed E-state index contributed by atoms with van der Waals surface area (Å²) in [5.41, 5.74) is 6.44. The lowest BCUT2D eigenvalue weighted by atomic mass is 10.2. The lowest BCUT2D eigenvalue weighted by molar-refractivity contribution is 0.130. The molecule has 0 aliphatic rings. The third kappa shape index (κ3) is 7.01.